The van der Waals surface area contributed by atoms with Crippen molar-refractivity contribution in [2.45, 2.75) is 6.18 Å². The number of ether oxygens (including phenoxy) is 1. The molecule has 0 amide bonds. The van der Waals surface area contributed by atoms with Crippen molar-refractivity contribution < 1.29 is 22.8 Å². The second-order valence-corrected chi connectivity index (χ2v) is 5.05. The van der Waals surface area contributed by atoms with E-state index in [-0.39, 0.29) is 17.4 Å². The number of thiazole rings is 1. The van der Waals surface area contributed by atoms with Crippen LogP contribution in [-0.2, 0) is 6.18 Å². The summed E-state index contributed by atoms with van der Waals surface area (Å²) in [5.74, 6) is -0.616. The van der Waals surface area contributed by atoms with Crippen molar-refractivity contribution >= 4 is 22.1 Å². The van der Waals surface area contributed by atoms with Gasteiger partial charge in [0.05, 0.1) is 5.56 Å². The molecule has 3 rings (SSSR count). The molecule has 6 nitrogen and oxygen atoms in total. The van der Waals surface area contributed by atoms with E-state index < -0.39 is 16.7 Å². The van der Waals surface area contributed by atoms with Gasteiger partial charge in [-0.2, -0.15) is 22.6 Å². The highest BCUT2D eigenvalue weighted by Crippen LogP contribution is 2.35. The Balaban J connectivity index is 1.94. The van der Waals surface area contributed by atoms with Crippen LogP contribution in [0.5, 0.6) is 11.6 Å². The van der Waals surface area contributed by atoms with Crippen molar-refractivity contribution in [3.8, 4) is 11.6 Å². The molecule has 0 spiro atoms. The van der Waals surface area contributed by atoms with Crippen LogP contribution in [0.2, 0.25) is 0 Å². The Labute approximate surface area is 124 Å². The molecule has 0 fully saturated rings. The Morgan fingerprint density at radius 2 is 1.95 bits per heavy atom. The summed E-state index contributed by atoms with van der Waals surface area (Å²) in [7, 11) is 0. The standard InChI is InChI=1S/C12H6F3N3O3S/c13-12(14,15)7-1-3-8(4-2-7)21-9-10(18(19)20)17-5-6-22-11(17)16-9/h1-6H. The summed E-state index contributed by atoms with van der Waals surface area (Å²) in [6, 6.07) is 3.83. The first kappa shape index (κ1) is 14.3. The molecule has 22 heavy (non-hydrogen) atoms. The third kappa shape index (κ3) is 2.48. The summed E-state index contributed by atoms with van der Waals surface area (Å²) in [6.45, 7) is 0. The lowest BCUT2D eigenvalue weighted by Crippen LogP contribution is -2.04. The van der Waals surface area contributed by atoms with Crippen LogP contribution in [0, 0.1) is 10.1 Å². The molecule has 3 aromatic rings. The predicted molar refractivity (Wildman–Crippen MR) is 71.2 cm³/mol. The van der Waals surface area contributed by atoms with Gasteiger partial charge in [-0.25, -0.2) is 0 Å². The van der Waals surface area contributed by atoms with Crippen molar-refractivity contribution in [1.29, 1.82) is 0 Å². The second kappa shape index (κ2) is 4.98. The van der Waals surface area contributed by atoms with Gasteiger partial charge in [0.25, 0.3) is 4.96 Å². The summed E-state index contributed by atoms with van der Waals surface area (Å²) < 4.78 is 43.9. The Morgan fingerprint density at radius 3 is 2.55 bits per heavy atom. The van der Waals surface area contributed by atoms with Crippen molar-refractivity contribution in [3.05, 3.63) is 51.5 Å². The lowest BCUT2D eigenvalue weighted by atomic mass is 10.2. The van der Waals surface area contributed by atoms with E-state index >= 15 is 0 Å². The summed E-state index contributed by atoms with van der Waals surface area (Å²) in [5.41, 5.74) is -0.833. The fourth-order valence-electron chi connectivity index (χ4n) is 1.81. The Kier molecular flexibility index (Phi) is 3.24. The van der Waals surface area contributed by atoms with Crippen molar-refractivity contribution in [2.24, 2.45) is 0 Å². The molecule has 0 unspecified atom stereocenters. The highest BCUT2D eigenvalue weighted by atomic mass is 32.1. The van der Waals surface area contributed by atoms with E-state index in [2.05, 4.69) is 4.98 Å². The number of rotatable bonds is 3. The van der Waals surface area contributed by atoms with Gasteiger partial charge in [0.15, 0.2) is 0 Å². The average molecular weight is 329 g/mol. The van der Waals surface area contributed by atoms with E-state index in [0.29, 0.717) is 4.96 Å². The zero-order chi connectivity index (χ0) is 15.9. The third-order valence-electron chi connectivity index (χ3n) is 2.78. The number of hydrogen-bond donors (Lipinski definition) is 0. The molecule has 0 radical (unpaired) electrons. The van der Waals surface area contributed by atoms with Gasteiger partial charge in [-0.05, 0) is 29.2 Å². The van der Waals surface area contributed by atoms with Gasteiger partial charge in [0.2, 0.25) is 0 Å². The highest BCUT2D eigenvalue weighted by molar-refractivity contribution is 7.15. The SMILES string of the molecule is O=[N+]([O-])c1c(Oc2ccc(C(F)(F)F)cc2)nc2sccn12. The third-order valence-corrected chi connectivity index (χ3v) is 3.53. The van der Waals surface area contributed by atoms with E-state index in [1.807, 2.05) is 0 Å². The maximum atomic E-state index is 12.5. The van der Waals surface area contributed by atoms with E-state index in [1.165, 1.54) is 21.9 Å². The number of halogens is 3. The van der Waals surface area contributed by atoms with Gasteiger partial charge in [-0.1, -0.05) is 11.3 Å². The lowest BCUT2D eigenvalue weighted by molar-refractivity contribution is -0.391. The summed E-state index contributed by atoms with van der Waals surface area (Å²) in [5, 5.41) is 12.7. The van der Waals surface area contributed by atoms with Crippen LogP contribution in [0.1, 0.15) is 5.56 Å². The molecule has 0 aliphatic heterocycles. The smallest absolute Gasteiger partial charge is 0.416 e. The Morgan fingerprint density at radius 1 is 1.27 bits per heavy atom. The largest absolute Gasteiger partial charge is 0.433 e. The van der Waals surface area contributed by atoms with E-state index in [9.17, 15) is 23.3 Å². The minimum atomic E-state index is -4.46. The van der Waals surface area contributed by atoms with Gasteiger partial charge >= 0.3 is 17.9 Å². The molecule has 0 aliphatic rings. The van der Waals surface area contributed by atoms with Crippen LogP contribution >= 0.6 is 11.3 Å². The fourth-order valence-corrected chi connectivity index (χ4v) is 2.51. The van der Waals surface area contributed by atoms with Crippen molar-refractivity contribution in [3.63, 3.8) is 0 Å². The lowest BCUT2D eigenvalue weighted by Gasteiger charge is -2.07. The number of nitrogens with zero attached hydrogens (tertiary/aromatic N) is 3. The van der Waals surface area contributed by atoms with Gasteiger partial charge in [0, 0.05) is 5.38 Å². The summed E-state index contributed by atoms with van der Waals surface area (Å²) in [6.07, 6.45) is -2.99. The molecule has 0 N–H and O–H groups in total. The van der Waals surface area contributed by atoms with E-state index in [4.69, 9.17) is 4.74 Å². The second-order valence-electron chi connectivity index (χ2n) is 4.18. The number of nitro groups is 1. The van der Waals surface area contributed by atoms with Gasteiger partial charge in [-0.3, -0.25) is 0 Å². The Bertz CT molecular complexity index is 839. The van der Waals surface area contributed by atoms with Crippen LogP contribution in [0.3, 0.4) is 0 Å². The number of fused-ring (bicyclic) bond motifs is 1. The molecule has 0 saturated carbocycles. The minimum Gasteiger partial charge on any atom is -0.433 e. The normalized spacial score (nSPS) is 11.8. The molecular formula is C12H6F3N3O3S. The predicted octanol–water partition coefficient (Wildman–Crippen LogP) is 4.12. The van der Waals surface area contributed by atoms with Gasteiger partial charge in [-0.15, -0.1) is 0 Å². The molecule has 1 aromatic carbocycles. The monoisotopic (exact) mass is 329 g/mol. The number of imidazole rings is 1. The van der Waals surface area contributed by atoms with Crippen molar-refractivity contribution in [2.75, 3.05) is 0 Å². The van der Waals surface area contributed by atoms with Crippen LogP contribution in [0.15, 0.2) is 35.8 Å². The van der Waals surface area contributed by atoms with Gasteiger partial charge < -0.3 is 14.9 Å². The van der Waals surface area contributed by atoms with Crippen LogP contribution in [-0.4, -0.2) is 14.3 Å². The number of alkyl halides is 3. The first-order valence-corrected chi connectivity index (χ1v) is 6.69. The molecule has 0 atom stereocenters. The number of hydrogen-bond acceptors (Lipinski definition) is 5. The summed E-state index contributed by atoms with van der Waals surface area (Å²) >= 11 is 1.17. The van der Waals surface area contributed by atoms with Crippen molar-refractivity contribution in [1.82, 2.24) is 9.38 Å². The first-order valence-electron chi connectivity index (χ1n) is 5.81. The molecule has 0 saturated heterocycles. The van der Waals surface area contributed by atoms with E-state index in [0.717, 1.165) is 24.3 Å². The fraction of sp³-hybridized carbons (Fsp3) is 0.0833. The topological polar surface area (TPSA) is 69.7 Å². The van der Waals surface area contributed by atoms with Gasteiger partial charge in [0.1, 0.15) is 11.9 Å². The molecule has 0 aliphatic carbocycles. The van der Waals surface area contributed by atoms with Crippen LogP contribution in [0.4, 0.5) is 19.0 Å². The maximum absolute atomic E-state index is 12.5. The Hall–Kier alpha value is -2.62. The molecule has 114 valence electrons. The van der Waals surface area contributed by atoms with Crippen LogP contribution < -0.4 is 4.74 Å². The molecule has 2 heterocycles. The number of aromatic nitrogens is 2. The van der Waals surface area contributed by atoms with E-state index in [1.54, 1.807) is 5.38 Å². The molecule has 0 bridgehead atoms. The number of benzene rings is 1. The molecule has 2 aromatic heterocycles. The first-order chi connectivity index (χ1) is 10.4. The zero-order valence-corrected chi connectivity index (χ0v) is 11.4. The molecule has 10 heteroatoms. The highest BCUT2D eigenvalue weighted by Gasteiger charge is 2.30. The van der Waals surface area contributed by atoms with Crippen LogP contribution in [0.25, 0.3) is 4.96 Å². The average Bonchev–Trinajstić information content (AvgIpc) is 2.97. The summed E-state index contributed by atoms with van der Waals surface area (Å²) in [4.78, 5) is 14.7. The quantitative estimate of drug-likeness (QED) is 0.535. The maximum Gasteiger partial charge on any atom is 0.416 e. The molecular weight excluding hydrogens is 323 g/mol. The zero-order valence-electron chi connectivity index (χ0n) is 10.6. The minimum absolute atomic E-state index is 0.0295.